The van der Waals surface area contributed by atoms with Gasteiger partial charge in [0.1, 0.15) is 24.2 Å². The number of carbonyl (C=O) groups is 1. The molecular weight excluding hydrogens is 356 g/mol. The molecule has 0 aromatic heterocycles. The number of methoxy groups -OCH3 is 1. The minimum absolute atomic E-state index is 0.00282. The highest BCUT2D eigenvalue weighted by atomic mass is 16.5. The third kappa shape index (κ3) is 2.82. The summed E-state index contributed by atoms with van der Waals surface area (Å²) < 4.78 is 10.9. The average molecular weight is 380 g/mol. The number of hydrogen-bond acceptors (Lipinski definition) is 5. The van der Waals surface area contributed by atoms with Crippen molar-refractivity contribution in [3.8, 4) is 11.5 Å². The number of fused-ring (bicyclic) bond motifs is 3. The Bertz CT molecular complexity index is 986. The van der Waals surface area contributed by atoms with Gasteiger partial charge in [0.05, 0.1) is 13.7 Å². The second-order valence-electron chi connectivity index (χ2n) is 7.86. The van der Waals surface area contributed by atoms with Gasteiger partial charge in [0.15, 0.2) is 5.78 Å². The number of ketones is 1. The largest absolute Gasteiger partial charge is 0.497 e. The fourth-order valence-electron chi connectivity index (χ4n) is 4.19. The Hall–Kier alpha value is -2.63. The van der Waals surface area contributed by atoms with Crippen LogP contribution in [0.5, 0.6) is 11.5 Å². The van der Waals surface area contributed by atoms with Crippen LogP contribution in [0.4, 0.5) is 0 Å². The first-order valence-electron chi connectivity index (χ1n) is 9.38. The zero-order valence-corrected chi connectivity index (χ0v) is 16.3. The van der Waals surface area contributed by atoms with Crippen molar-refractivity contribution in [3.63, 3.8) is 0 Å². The van der Waals surface area contributed by atoms with Gasteiger partial charge in [-0.05, 0) is 59.0 Å². The normalized spacial score (nSPS) is 17.7. The van der Waals surface area contributed by atoms with Crippen molar-refractivity contribution in [2.45, 2.75) is 31.8 Å². The molecular formula is C23H24O5. The molecule has 4 rings (SSSR count). The lowest BCUT2D eigenvalue weighted by Gasteiger charge is -2.34. The van der Waals surface area contributed by atoms with Crippen LogP contribution in [0.2, 0.25) is 0 Å². The van der Waals surface area contributed by atoms with Gasteiger partial charge in [0.25, 0.3) is 0 Å². The highest BCUT2D eigenvalue weighted by Crippen LogP contribution is 2.50. The van der Waals surface area contributed by atoms with E-state index in [1.165, 1.54) is 0 Å². The highest BCUT2D eigenvalue weighted by molar-refractivity contribution is 6.33. The molecule has 0 radical (unpaired) electrons. The molecule has 0 saturated heterocycles. The molecule has 146 valence electrons. The maximum atomic E-state index is 13.3. The second-order valence-corrected chi connectivity index (χ2v) is 7.86. The summed E-state index contributed by atoms with van der Waals surface area (Å²) in [6.45, 7) is 3.90. The van der Waals surface area contributed by atoms with Crippen LogP contribution in [0.15, 0.2) is 42.0 Å². The number of ether oxygens (including phenoxy) is 2. The molecule has 5 nitrogen and oxygen atoms in total. The number of allylic oxidation sites excluding steroid dienone is 2. The summed E-state index contributed by atoms with van der Waals surface area (Å²) in [5.74, 6) is 1.41. The van der Waals surface area contributed by atoms with E-state index in [0.717, 1.165) is 33.6 Å². The van der Waals surface area contributed by atoms with Gasteiger partial charge in [-0.2, -0.15) is 0 Å². The van der Waals surface area contributed by atoms with E-state index < -0.39 is 6.10 Å². The molecule has 0 fully saturated rings. The van der Waals surface area contributed by atoms with E-state index in [0.29, 0.717) is 17.7 Å². The topological polar surface area (TPSA) is 76.0 Å². The summed E-state index contributed by atoms with van der Waals surface area (Å²) >= 11 is 0. The molecule has 2 N–H and O–H groups in total. The van der Waals surface area contributed by atoms with Gasteiger partial charge in [0.2, 0.25) is 0 Å². The SMILES string of the molecule is COc1ccc2c(c1)CC1=C2C(=O)c2ccc(OC[C@H](O)CO)cc2C1(C)C. The van der Waals surface area contributed by atoms with E-state index in [9.17, 15) is 9.90 Å². The average Bonchev–Trinajstić information content (AvgIpc) is 3.10. The number of rotatable bonds is 5. The molecule has 0 saturated carbocycles. The number of aliphatic hydroxyl groups is 2. The molecule has 0 heterocycles. The van der Waals surface area contributed by atoms with Crippen LogP contribution in [0.3, 0.4) is 0 Å². The molecule has 28 heavy (non-hydrogen) atoms. The van der Waals surface area contributed by atoms with Gasteiger partial charge < -0.3 is 19.7 Å². The smallest absolute Gasteiger partial charge is 0.193 e. The minimum Gasteiger partial charge on any atom is -0.497 e. The predicted molar refractivity (Wildman–Crippen MR) is 106 cm³/mol. The van der Waals surface area contributed by atoms with Crippen LogP contribution in [0, 0.1) is 0 Å². The summed E-state index contributed by atoms with van der Waals surface area (Å²) in [5, 5.41) is 18.5. The summed E-state index contributed by atoms with van der Waals surface area (Å²) in [6, 6.07) is 11.3. The molecule has 0 amide bonds. The van der Waals surface area contributed by atoms with Crippen molar-refractivity contribution >= 4 is 11.4 Å². The van der Waals surface area contributed by atoms with Gasteiger partial charge in [0, 0.05) is 16.6 Å². The molecule has 0 aliphatic heterocycles. The van der Waals surface area contributed by atoms with E-state index in [1.807, 2.05) is 24.3 Å². The van der Waals surface area contributed by atoms with Crippen LogP contribution < -0.4 is 9.47 Å². The van der Waals surface area contributed by atoms with Gasteiger partial charge in [-0.25, -0.2) is 0 Å². The van der Waals surface area contributed by atoms with Crippen LogP contribution in [0.1, 0.15) is 40.9 Å². The second kappa shape index (κ2) is 6.76. The first-order chi connectivity index (χ1) is 13.4. The molecule has 0 bridgehead atoms. The van der Waals surface area contributed by atoms with Crippen molar-refractivity contribution in [1.29, 1.82) is 0 Å². The molecule has 2 aromatic rings. The summed E-state index contributed by atoms with van der Waals surface area (Å²) in [4.78, 5) is 13.3. The van der Waals surface area contributed by atoms with Gasteiger partial charge in [-0.3, -0.25) is 4.79 Å². The number of benzene rings is 2. The Labute approximate surface area is 164 Å². The number of hydrogen-bond donors (Lipinski definition) is 2. The summed E-state index contributed by atoms with van der Waals surface area (Å²) in [5.41, 5.74) is 5.29. The zero-order chi connectivity index (χ0) is 20.1. The lowest BCUT2D eigenvalue weighted by Crippen LogP contribution is -2.30. The van der Waals surface area contributed by atoms with E-state index >= 15 is 0 Å². The Balaban J connectivity index is 1.74. The molecule has 0 spiro atoms. The van der Waals surface area contributed by atoms with E-state index in [4.69, 9.17) is 14.6 Å². The van der Waals surface area contributed by atoms with Crippen molar-refractivity contribution < 1.29 is 24.5 Å². The summed E-state index contributed by atoms with van der Waals surface area (Å²) in [7, 11) is 1.64. The Morgan fingerprint density at radius 3 is 2.54 bits per heavy atom. The lowest BCUT2D eigenvalue weighted by molar-refractivity contribution is 0.0535. The van der Waals surface area contributed by atoms with E-state index in [-0.39, 0.29) is 24.4 Å². The Morgan fingerprint density at radius 2 is 1.82 bits per heavy atom. The standard InChI is InChI=1S/C23H24O5/c1-23(2)19-10-16(28-12-14(25)11-24)5-7-18(19)22(26)21-17-6-4-15(27-3)8-13(17)9-20(21)23/h4-8,10,14,24-25H,9,11-12H2,1-3H3/t14-/m1/s1. The molecule has 2 aliphatic carbocycles. The van der Waals surface area contributed by atoms with Gasteiger partial charge in [-0.1, -0.05) is 19.9 Å². The summed E-state index contributed by atoms with van der Waals surface area (Å²) in [6.07, 6.45) is -0.215. The predicted octanol–water partition coefficient (Wildman–Crippen LogP) is 2.91. The van der Waals surface area contributed by atoms with Crippen LogP contribution in [0.25, 0.3) is 5.57 Å². The van der Waals surface area contributed by atoms with Gasteiger partial charge >= 0.3 is 0 Å². The number of aliphatic hydroxyl groups excluding tert-OH is 2. The monoisotopic (exact) mass is 380 g/mol. The maximum absolute atomic E-state index is 13.3. The Morgan fingerprint density at radius 1 is 1.11 bits per heavy atom. The third-order valence-corrected chi connectivity index (χ3v) is 5.79. The first-order valence-corrected chi connectivity index (χ1v) is 9.38. The molecule has 2 aromatic carbocycles. The van der Waals surface area contributed by atoms with Crippen molar-refractivity contribution in [2.75, 3.05) is 20.3 Å². The van der Waals surface area contributed by atoms with Crippen molar-refractivity contribution in [3.05, 3.63) is 64.2 Å². The molecule has 2 aliphatic rings. The van der Waals surface area contributed by atoms with Crippen LogP contribution in [-0.2, 0) is 11.8 Å². The van der Waals surface area contributed by atoms with E-state index in [2.05, 4.69) is 13.8 Å². The highest BCUT2D eigenvalue weighted by Gasteiger charge is 2.43. The van der Waals surface area contributed by atoms with Crippen LogP contribution in [-0.4, -0.2) is 42.4 Å². The maximum Gasteiger partial charge on any atom is 0.193 e. The minimum atomic E-state index is -0.931. The van der Waals surface area contributed by atoms with Crippen molar-refractivity contribution in [2.24, 2.45) is 0 Å². The first kappa shape index (κ1) is 18.7. The van der Waals surface area contributed by atoms with Crippen molar-refractivity contribution in [1.82, 2.24) is 0 Å². The fourth-order valence-corrected chi connectivity index (χ4v) is 4.19. The quantitative estimate of drug-likeness (QED) is 0.834. The fraction of sp³-hybridized carbons (Fsp3) is 0.348. The zero-order valence-electron chi connectivity index (χ0n) is 16.3. The molecule has 0 unspecified atom stereocenters. The number of Topliss-reactive ketones (excluding diaryl/α,β-unsaturated/α-hetero) is 1. The van der Waals surface area contributed by atoms with Gasteiger partial charge in [-0.15, -0.1) is 0 Å². The Kier molecular flexibility index (Phi) is 4.52. The lowest BCUT2D eigenvalue weighted by atomic mass is 9.68. The van der Waals surface area contributed by atoms with E-state index in [1.54, 1.807) is 19.2 Å². The third-order valence-electron chi connectivity index (χ3n) is 5.79. The molecule has 5 heteroatoms. The number of carbonyl (C=O) groups excluding carboxylic acids is 1. The van der Waals surface area contributed by atoms with Crippen LogP contribution >= 0.6 is 0 Å². The molecule has 1 atom stereocenters.